The van der Waals surface area contributed by atoms with Crippen LogP contribution in [0.3, 0.4) is 0 Å². The third kappa shape index (κ3) is 2.49. The SMILES string of the molecule is COc1ccc(-c2c(C)c(CCN)nn2C)cc1C. The molecule has 0 aliphatic heterocycles. The third-order valence-electron chi connectivity index (χ3n) is 3.43. The number of benzene rings is 1. The summed E-state index contributed by atoms with van der Waals surface area (Å²) in [7, 11) is 3.67. The van der Waals surface area contributed by atoms with Crippen molar-refractivity contribution < 1.29 is 4.74 Å². The molecule has 1 heterocycles. The molecule has 0 amide bonds. The van der Waals surface area contributed by atoms with E-state index in [1.165, 1.54) is 5.56 Å². The topological polar surface area (TPSA) is 53.1 Å². The lowest BCUT2D eigenvalue weighted by atomic mass is 10.0. The Bertz CT molecular complexity index is 587. The van der Waals surface area contributed by atoms with Gasteiger partial charge in [0, 0.05) is 19.0 Å². The van der Waals surface area contributed by atoms with Crippen LogP contribution in [0.2, 0.25) is 0 Å². The largest absolute Gasteiger partial charge is 0.496 e. The summed E-state index contributed by atoms with van der Waals surface area (Å²) in [6.45, 7) is 4.78. The van der Waals surface area contributed by atoms with Gasteiger partial charge in [0.15, 0.2) is 0 Å². The molecule has 0 spiro atoms. The van der Waals surface area contributed by atoms with Crippen LogP contribution >= 0.6 is 0 Å². The molecule has 2 N–H and O–H groups in total. The van der Waals surface area contributed by atoms with Crippen LogP contribution < -0.4 is 10.5 Å². The molecule has 19 heavy (non-hydrogen) atoms. The second-order valence-electron chi connectivity index (χ2n) is 4.77. The number of hydrogen-bond acceptors (Lipinski definition) is 3. The van der Waals surface area contributed by atoms with Gasteiger partial charge in [-0.15, -0.1) is 0 Å². The standard InChI is InChI=1S/C15H21N3O/c1-10-9-12(5-6-14(10)19-4)15-11(2)13(7-8-16)17-18(15)3/h5-6,9H,7-8,16H2,1-4H3. The predicted molar refractivity (Wildman–Crippen MR) is 77.4 cm³/mol. The van der Waals surface area contributed by atoms with E-state index in [2.05, 4.69) is 31.1 Å². The van der Waals surface area contributed by atoms with E-state index >= 15 is 0 Å². The summed E-state index contributed by atoms with van der Waals surface area (Å²) >= 11 is 0. The minimum absolute atomic E-state index is 0.624. The van der Waals surface area contributed by atoms with Gasteiger partial charge in [-0.1, -0.05) is 0 Å². The molecule has 2 aromatic rings. The Hall–Kier alpha value is -1.81. The van der Waals surface area contributed by atoms with E-state index in [1.807, 2.05) is 17.8 Å². The van der Waals surface area contributed by atoms with E-state index in [0.717, 1.165) is 34.7 Å². The summed E-state index contributed by atoms with van der Waals surface area (Å²) in [4.78, 5) is 0. The molecule has 4 heteroatoms. The van der Waals surface area contributed by atoms with E-state index < -0.39 is 0 Å². The molecule has 0 aliphatic carbocycles. The molecule has 0 saturated carbocycles. The van der Waals surface area contributed by atoms with Crippen LogP contribution in [0.1, 0.15) is 16.8 Å². The maximum atomic E-state index is 5.62. The molecular formula is C15H21N3O. The van der Waals surface area contributed by atoms with Gasteiger partial charge in [0.25, 0.3) is 0 Å². The van der Waals surface area contributed by atoms with Crippen molar-refractivity contribution in [3.63, 3.8) is 0 Å². The van der Waals surface area contributed by atoms with Crippen molar-refractivity contribution >= 4 is 0 Å². The molecule has 1 aromatic carbocycles. The first-order valence-electron chi connectivity index (χ1n) is 6.46. The zero-order valence-electron chi connectivity index (χ0n) is 12.0. The Balaban J connectivity index is 2.49. The molecule has 0 fully saturated rings. The molecule has 0 unspecified atom stereocenters. The van der Waals surface area contributed by atoms with Gasteiger partial charge in [0.1, 0.15) is 5.75 Å². The lowest BCUT2D eigenvalue weighted by molar-refractivity contribution is 0.412. The zero-order valence-corrected chi connectivity index (χ0v) is 12.0. The van der Waals surface area contributed by atoms with Crippen molar-refractivity contribution in [2.75, 3.05) is 13.7 Å². The highest BCUT2D eigenvalue weighted by Gasteiger charge is 2.14. The normalized spacial score (nSPS) is 10.8. The molecule has 0 saturated heterocycles. The highest BCUT2D eigenvalue weighted by Crippen LogP contribution is 2.29. The van der Waals surface area contributed by atoms with Gasteiger partial charge in [-0.05, 0) is 49.7 Å². The second-order valence-corrected chi connectivity index (χ2v) is 4.77. The Morgan fingerprint density at radius 1 is 1.32 bits per heavy atom. The number of ether oxygens (including phenoxy) is 1. The van der Waals surface area contributed by atoms with Crippen LogP contribution in [-0.2, 0) is 13.5 Å². The van der Waals surface area contributed by atoms with Crippen molar-refractivity contribution in [2.45, 2.75) is 20.3 Å². The molecular weight excluding hydrogens is 238 g/mol. The maximum Gasteiger partial charge on any atom is 0.121 e. The van der Waals surface area contributed by atoms with Crippen LogP contribution in [0.15, 0.2) is 18.2 Å². The Kier molecular flexibility index (Phi) is 3.90. The van der Waals surface area contributed by atoms with E-state index in [1.54, 1.807) is 7.11 Å². The summed E-state index contributed by atoms with van der Waals surface area (Å²) < 4.78 is 7.23. The van der Waals surface area contributed by atoms with E-state index in [-0.39, 0.29) is 0 Å². The summed E-state index contributed by atoms with van der Waals surface area (Å²) in [6.07, 6.45) is 0.814. The summed E-state index contributed by atoms with van der Waals surface area (Å²) in [6, 6.07) is 6.21. The van der Waals surface area contributed by atoms with Crippen molar-refractivity contribution in [1.82, 2.24) is 9.78 Å². The van der Waals surface area contributed by atoms with Crippen molar-refractivity contribution in [3.05, 3.63) is 35.0 Å². The molecule has 1 aromatic heterocycles. The third-order valence-corrected chi connectivity index (χ3v) is 3.43. The van der Waals surface area contributed by atoms with Crippen LogP contribution in [0.5, 0.6) is 5.75 Å². The smallest absolute Gasteiger partial charge is 0.121 e. The van der Waals surface area contributed by atoms with Gasteiger partial charge < -0.3 is 10.5 Å². The highest BCUT2D eigenvalue weighted by molar-refractivity contribution is 5.66. The first kappa shape index (κ1) is 13.6. The minimum Gasteiger partial charge on any atom is -0.496 e. The number of nitrogens with zero attached hydrogens (tertiary/aromatic N) is 2. The Morgan fingerprint density at radius 2 is 2.05 bits per heavy atom. The molecule has 102 valence electrons. The first-order valence-corrected chi connectivity index (χ1v) is 6.46. The lowest BCUT2D eigenvalue weighted by Gasteiger charge is -2.08. The molecule has 0 atom stereocenters. The fourth-order valence-electron chi connectivity index (χ4n) is 2.49. The first-order chi connectivity index (χ1) is 9.08. The number of methoxy groups -OCH3 is 1. The van der Waals surface area contributed by atoms with Crippen molar-refractivity contribution in [3.8, 4) is 17.0 Å². The monoisotopic (exact) mass is 259 g/mol. The number of aryl methyl sites for hydroxylation is 2. The number of aromatic nitrogens is 2. The number of rotatable bonds is 4. The van der Waals surface area contributed by atoms with Crippen LogP contribution in [0, 0.1) is 13.8 Å². The van der Waals surface area contributed by atoms with Gasteiger partial charge >= 0.3 is 0 Å². The average Bonchev–Trinajstić information content (AvgIpc) is 2.65. The molecule has 0 aliphatic rings. The van der Waals surface area contributed by atoms with E-state index in [4.69, 9.17) is 10.5 Å². The zero-order chi connectivity index (χ0) is 14.0. The summed E-state index contributed by atoms with van der Waals surface area (Å²) in [5.41, 5.74) is 11.3. The van der Waals surface area contributed by atoms with Gasteiger partial charge in [-0.2, -0.15) is 5.10 Å². The maximum absolute atomic E-state index is 5.62. The second kappa shape index (κ2) is 5.45. The van der Waals surface area contributed by atoms with Gasteiger partial charge in [0.05, 0.1) is 18.5 Å². The molecule has 2 rings (SSSR count). The van der Waals surface area contributed by atoms with Gasteiger partial charge in [-0.3, -0.25) is 4.68 Å². The van der Waals surface area contributed by atoms with Crippen LogP contribution in [0.25, 0.3) is 11.3 Å². The summed E-state index contributed by atoms with van der Waals surface area (Å²) in [5, 5.41) is 4.55. The van der Waals surface area contributed by atoms with E-state index in [0.29, 0.717) is 6.54 Å². The molecule has 0 bridgehead atoms. The average molecular weight is 259 g/mol. The van der Waals surface area contributed by atoms with E-state index in [9.17, 15) is 0 Å². The fraction of sp³-hybridized carbons (Fsp3) is 0.400. The number of hydrogen-bond donors (Lipinski definition) is 1. The fourth-order valence-corrected chi connectivity index (χ4v) is 2.49. The predicted octanol–water partition coefficient (Wildman–Crippen LogP) is 2.21. The van der Waals surface area contributed by atoms with Crippen LogP contribution in [0.4, 0.5) is 0 Å². The van der Waals surface area contributed by atoms with Crippen molar-refractivity contribution in [2.24, 2.45) is 12.8 Å². The Morgan fingerprint density at radius 3 is 2.63 bits per heavy atom. The van der Waals surface area contributed by atoms with Crippen LogP contribution in [-0.4, -0.2) is 23.4 Å². The Labute approximate surface area is 114 Å². The highest BCUT2D eigenvalue weighted by atomic mass is 16.5. The lowest BCUT2D eigenvalue weighted by Crippen LogP contribution is -2.04. The van der Waals surface area contributed by atoms with Gasteiger partial charge in [-0.25, -0.2) is 0 Å². The number of nitrogens with two attached hydrogens (primary N) is 1. The molecule has 4 nitrogen and oxygen atoms in total. The summed E-state index contributed by atoms with van der Waals surface area (Å²) in [5.74, 6) is 0.908. The molecule has 0 radical (unpaired) electrons. The van der Waals surface area contributed by atoms with Crippen molar-refractivity contribution in [1.29, 1.82) is 0 Å². The quantitative estimate of drug-likeness (QED) is 0.916. The minimum atomic E-state index is 0.624. The van der Waals surface area contributed by atoms with Gasteiger partial charge in [0.2, 0.25) is 0 Å².